The zero-order chi connectivity index (χ0) is 19.1. The number of carboxylic acid groups (broad SMARTS) is 1. The number of aliphatic carboxylic acids is 1. The number of fused-ring (bicyclic) bond motifs is 1. The third-order valence-electron chi connectivity index (χ3n) is 5.32. The Morgan fingerprint density at radius 1 is 0.769 bits per heavy atom. The molecule has 26 heavy (non-hydrogen) atoms. The van der Waals surface area contributed by atoms with E-state index in [1.54, 1.807) is 0 Å². The van der Waals surface area contributed by atoms with E-state index in [4.69, 9.17) is 14.6 Å². The number of ketones is 1. The van der Waals surface area contributed by atoms with Crippen molar-refractivity contribution in [2.75, 3.05) is 0 Å². The number of hydrogen-bond donors (Lipinski definition) is 1. The Bertz CT molecular complexity index is 494. The van der Waals surface area contributed by atoms with Crippen LogP contribution in [0, 0.1) is 11.8 Å². The fourth-order valence-electron chi connectivity index (χ4n) is 4.11. The Kier molecular flexibility index (Phi) is 7.60. The lowest BCUT2D eigenvalue weighted by atomic mass is 9.98. The number of Topliss-reactive ketones (excluding diaryl/α,β-unsaturated/α-hetero) is 1. The van der Waals surface area contributed by atoms with Crippen LogP contribution in [0.4, 0.5) is 0 Å². The van der Waals surface area contributed by atoms with Gasteiger partial charge in [-0.25, -0.2) is 0 Å². The van der Waals surface area contributed by atoms with Gasteiger partial charge in [-0.15, -0.1) is 0 Å². The summed E-state index contributed by atoms with van der Waals surface area (Å²) in [4.78, 5) is 45.2. The summed E-state index contributed by atoms with van der Waals surface area (Å²) in [6.45, 7) is 1.51. The van der Waals surface area contributed by atoms with Crippen molar-refractivity contribution in [2.24, 2.45) is 11.8 Å². The summed E-state index contributed by atoms with van der Waals surface area (Å²) in [5.74, 6) is -1.00. The molecule has 146 valence electrons. The number of carbonyl (C=O) groups excluding carboxylic acids is 3. The van der Waals surface area contributed by atoms with Crippen LogP contribution in [0.2, 0.25) is 0 Å². The number of hydrogen-bond acceptors (Lipinski definition) is 6. The van der Waals surface area contributed by atoms with E-state index in [-0.39, 0.29) is 67.4 Å². The van der Waals surface area contributed by atoms with Crippen LogP contribution in [0.1, 0.15) is 71.1 Å². The van der Waals surface area contributed by atoms with Crippen LogP contribution < -0.4 is 0 Å². The SMILES string of the molecule is CC(=O)CCCC(=O)O[C@H]1CC[C@H]2[C@@H]1CC[C@@H]2OC(=O)CCCC(=O)O. The Hall–Kier alpha value is -1.92. The van der Waals surface area contributed by atoms with Crippen molar-refractivity contribution in [3.05, 3.63) is 0 Å². The average Bonchev–Trinajstić information content (AvgIpc) is 3.10. The molecule has 2 rings (SSSR count). The normalized spacial score (nSPS) is 27.0. The quantitative estimate of drug-likeness (QED) is 0.591. The second kappa shape index (κ2) is 9.69. The highest BCUT2D eigenvalue weighted by atomic mass is 16.6. The van der Waals surface area contributed by atoms with Gasteiger partial charge in [-0.05, 0) is 45.4 Å². The van der Waals surface area contributed by atoms with E-state index in [9.17, 15) is 19.2 Å². The molecule has 2 aliphatic carbocycles. The molecule has 1 N–H and O–H groups in total. The standard InChI is InChI=1S/C19H28O7/c1-12(20)4-2-6-18(23)25-15-10-8-14-13(15)9-11-16(14)26-19(24)7-3-5-17(21)22/h13-16H,2-11H2,1H3,(H,21,22)/t13-,14-,15-,16-/m0/s1. The summed E-state index contributed by atoms with van der Waals surface area (Å²) in [6.07, 6.45) is 4.54. The van der Waals surface area contributed by atoms with Gasteiger partial charge < -0.3 is 19.4 Å². The van der Waals surface area contributed by atoms with Crippen LogP contribution in [-0.4, -0.2) is 41.0 Å². The Morgan fingerprint density at radius 2 is 1.23 bits per heavy atom. The minimum Gasteiger partial charge on any atom is -0.481 e. The molecule has 2 saturated carbocycles. The molecule has 0 bridgehead atoms. The molecule has 2 fully saturated rings. The largest absolute Gasteiger partial charge is 0.481 e. The maximum atomic E-state index is 11.9. The van der Waals surface area contributed by atoms with Crippen molar-refractivity contribution in [3.63, 3.8) is 0 Å². The Balaban J connectivity index is 1.72. The number of rotatable bonds is 10. The molecule has 0 aromatic heterocycles. The summed E-state index contributed by atoms with van der Waals surface area (Å²) >= 11 is 0. The number of carbonyl (C=O) groups is 4. The first-order valence-corrected chi connectivity index (χ1v) is 9.47. The first kappa shape index (κ1) is 20.4. The van der Waals surface area contributed by atoms with E-state index in [0.717, 1.165) is 25.7 Å². The summed E-state index contributed by atoms with van der Waals surface area (Å²) in [7, 11) is 0. The third kappa shape index (κ3) is 6.11. The summed E-state index contributed by atoms with van der Waals surface area (Å²) in [5, 5.41) is 8.61. The molecule has 7 heteroatoms. The van der Waals surface area contributed by atoms with Crippen molar-refractivity contribution in [3.8, 4) is 0 Å². The lowest BCUT2D eigenvalue weighted by Crippen LogP contribution is -2.26. The van der Waals surface area contributed by atoms with Crippen LogP contribution in [0.25, 0.3) is 0 Å². The van der Waals surface area contributed by atoms with Crippen LogP contribution in [-0.2, 0) is 28.7 Å². The highest BCUT2D eigenvalue weighted by molar-refractivity contribution is 5.76. The van der Waals surface area contributed by atoms with Crippen LogP contribution >= 0.6 is 0 Å². The maximum absolute atomic E-state index is 11.9. The van der Waals surface area contributed by atoms with E-state index >= 15 is 0 Å². The number of esters is 2. The summed E-state index contributed by atoms with van der Waals surface area (Å²) < 4.78 is 11.1. The number of ether oxygens (including phenoxy) is 2. The van der Waals surface area contributed by atoms with Gasteiger partial charge >= 0.3 is 17.9 Å². The Morgan fingerprint density at radius 3 is 1.65 bits per heavy atom. The van der Waals surface area contributed by atoms with Gasteiger partial charge in [0.15, 0.2) is 0 Å². The van der Waals surface area contributed by atoms with Crippen molar-refractivity contribution >= 4 is 23.7 Å². The molecular weight excluding hydrogens is 340 g/mol. The highest BCUT2D eigenvalue weighted by Gasteiger charge is 2.48. The fraction of sp³-hybridized carbons (Fsp3) is 0.789. The van der Waals surface area contributed by atoms with E-state index in [2.05, 4.69) is 0 Å². The topological polar surface area (TPSA) is 107 Å². The van der Waals surface area contributed by atoms with E-state index < -0.39 is 5.97 Å². The fourth-order valence-corrected chi connectivity index (χ4v) is 4.11. The third-order valence-corrected chi connectivity index (χ3v) is 5.32. The second-order valence-electron chi connectivity index (χ2n) is 7.34. The molecule has 4 atom stereocenters. The van der Waals surface area contributed by atoms with Gasteiger partial charge in [-0.1, -0.05) is 0 Å². The summed E-state index contributed by atoms with van der Waals surface area (Å²) in [5.41, 5.74) is 0. The van der Waals surface area contributed by atoms with E-state index in [0.29, 0.717) is 12.8 Å². The van der Waals surface area contributed by atoms with Crippen molar-refractivity contribution < 1.29 is 33.8 Å². The van der Waals surface area contributed by atoms with Gasteiger partial charge in [0, 0.05) is 37.5 Å². The van der Waals surface area contributed by atoms with Gasteiger partial charge in [0.25, 0.3) is 0 Å². The summed E-state index contributed by atoms with van der Waals surface area (Å²) in [6, 6.07) is 0. The van der Waals surface area contributed by atoms with Gasteiger partial charge in [0.1, 0.15) is 18.0 Å². The monoisotopic (exact) mass is 368 g/mol. The predicted molar refractivity (Wildman–Crippen MR) is 91.2 cm³/mol. The first-order chi connectivity index (χ1) is 12.4. The van der Waals surface area contributed by atoms with Gasteiger partial charge in [-0.2, -0.15) is 0 Å². The van der Waals surface area contributed by atoms with E-state index in [1.807, 2.05) is 0 Å². The molecule has 0 aromatic carbocycles. The van der Waals surface area contributed by atoms with Crippen molar-refractivity contribution in [2.45, 2.75) is 83.3 Å². The molecular formula is C19H28O7. The minimum absolute atomic E-state index is 0.0343. The predicted octanol–water partition coefficient (Wildman–Crippen LogP) is 2.64. The number of carboxylic acids is 1. The second-order valence-corrected chi connectivity index (χ2v) is 7.34. The zero-order valence-corrected chi connectivity index (χ0v) is 15.3. The smallest absolute Gasteiger partial charge is 0.306 e. The van der Waals surface area contributed by atoms with Gasteiger partial charge in [0.2, 0.25) is 0 Å². The van der Waals surface area contributed by atoms with Crippen molar-refractivity contribution in [1.29, 1.82) is 0 Å². The Labute approximate surface area is 153 Å². The average molecular weight is 368 g/mol. The van der Waals surface area contributed by atoms with Crippen LogP contribution in [0.5, 0.6) is 0 Å². The van der Waals surface area contributed by atoms with Gasteiger partial charge in [0.05, 0.1) is 0 Å². The van der Waals surface area contributed by atoms with Gasteiger partial charge in [-0.3, -0.25) is 14.4 Å². The molecule has 0 aromatic rings. The molecule has 0 spiro atoms. The van der Waals surface area contributed by atoms with Crippen LogP contribution in [0.3, 0.4) is 0 Å². The zero-order valence-electron chi connectivity index (χ0n) is 15.3. The lowest BCUT2D eigenvalue weighted by molar-refractivity contribution is -0.154. The molecule has 0 saturated heterocycles. The molecule has 7 nitrogen and oxygen atoms in total. The lowest BCUT2D eigenvalue weighted by Gasteiger charge is -2.21. The maximum Gasteiger partial charge on any atom is 0.306 e. The molecule has 0 amide bonds. The van der Waals surface area contributed by atoms with Crippen LogP contribution in [0.15, 0.2) is 0 Å². The molecule has 0 unspecified atom stereocenters. The molecule has 2 aliphatic rings. The van der Waals surface area contributed by atoms with E-state index in [1.165, 1.54) is 6.92 Å². The minimum atomic E-state index is -0.914. The first-order valence-electron chi connectivity index (χ1n) is 9.47. The molecule has 0 heterocycles. The molecule has 0 aliphatic heterocycles. The van der Waals surface area contributed by atoms with Crippen molar-refractivity contribution in [1.82, 2.24) is 0 Å². The molecule has 0 radical (unpaired) electrons. The highest BCUT2D eigenvalue weighted by Crippen LogP contribution is 2.47.